The van der Waals surface area contributed by atoms with Gasteiger partial charge < -0.3 is 4.98 Å². The van der Waals surface area contributed by atoms with E-state index >= 15 is 0 Å². The molecule has 0 radical (unpaired) electrons. The first-order chi connectivity index (χ1) is 10.4. The Balaban J connectivity index is 1.51. The number of benzene rings is 1. The van der Waals surface area contributed by atoms with E-state index in [-0.39, 0.29) is 0 Å². The zero-order chi connectivity index (χ0) is 14.1. The fourth-order valence-electron chi connectivity index (χ4n) is 3.78. The first kappa shape index (κ1) is 13.6. The molecule has 1 atom stereocenters. The average Bonchev–Trinajstić information content (AvgIpc) is 3.00. The van der Waals surface area contributed by atoms with Gasteiger partial charge in [-0.05, 0) is 55.9 Å². The summed E-state index contributed by atoms with van der Waals surface area (Å²) in [6.45, 7) is 2.47. The molecular formula is C17H23N3S. The average molecular weight is 301 g/mol. The number of imidazole rings is 1. The molecule has 4 heteroatoms. The van der Waals surface area contributed by atoms with Gasteiger partial charge in [-0.2, -0.15) is 11.8 Å². The fraction of sp³-hybridized carbons (Fsp3) is 0.588. The molecule has 2 aliphatic heterocycles. The molecule has 2 fully saturated rings. The van der Waals surface area contributed by atoms with Crippen LogP contribution in [0.3, 0.4) is 0 Å². The van der Waals surface area contributed by atoms with Crippen LogP contribution < -0.4 is 0 Å². The Morgan fingerprint density at radius 3 is 2.86 bits per heavy atom. The SMILES string of the molecule is c1ccc2[nH]c([C@@H]3CCCN(C4CCSCC4)C3)nc2c1. The first-order valence-corrected chi connectivity index (χ1v) is 9.32. The van der Waals surface area contributed by atoms with Crippen LogP contribution in [-0.4, -0.2) is 45.5 Å². The summed E-state index contributed by atoms with van der Waals surface area (Å²) in [5.74, 6) is 4.47. The van der Waals surface area contributed by atoms with E-state index in [0.717, 1.165) is 11.6 Å². The zero-order valence-corrected chi connectivity index (χ0v) is 13.2. The van der Waals surface area contributed by atoms with Crippen molar-refractivity contribution in [1.82, 2.24) is 14.9 Å². The van der Waals surface area contributed by atoms with Crippen LogP contribution in [0.1, 0.15) is 37.4 Å². The summed E-state index contributed by atoms with van der Waals surface area (Å²) >= 11 is 2.12. The Morgan fingerprint density at radius 2 is 2.00 bits per heavy atom. The number of para-hydroxylation sites is 2. The third-order valence-electron chi connectivity index (χ3n) is 4.95. The number of hydrogen-bond donors (Lipinski definition) is 1. The molecule has 2 aliphatic rings. The molecule has 112 valence electrons. The number of rotatable bonds is 2. The number of thioether (sulfide) groups is 1. The number of H-pyrrole nitrogens is 1. The van der Waals surface area contributed by atoms with E-state index in [1.165, 1.54) is 61.6 Å². The summed E-state index contributed by atoms with van der Waals surface area (Å²) in [5.41, 5.74) is 2.29. The number of hydrogen-bond acceptors (Lipinski definition) is 3. The van der Waals surface area contributed by atoms with E-state index in [9.17, 15) is 0 Å². The predicted molar refractivity (Wildman–Crippen MR) is 90.0 cm³/mol. The highest BCUT2D eigenvalue weighted by Gasteiger charge is 2.29. The lowest BCUT2D eigenvalue weighted by atomic mass is 9.95. The third kappa shape index (κ3) is 2.84. The van der Waals surface area contributed by atoms with Crippen LogP contribution in [0.5, 0.6) is 0 Å². The molecule has 2 saturated heterocycles. The molecule has 21 heavy (non-hydrogen) atoms. The number of likely N-dealkylation sites (tertiary alicyclic amines) is 1. The van der Waals surface area contributed by atoms with E-state index in [1.807, 2.05) is 0 Å². The van der Waals surface area contributed by atoms with Gasteiger partial charge in [-0.1, -0.05) is 12.1 Å². The molecular weight excluding hydrogens is 278 g/mol. The lowest BCUT2D eigenvalue weighted by Crippen LogP contribution is -2.43. The Hall–Kier alpha value is -1.00. The Kier molecular flexibility index (Phi) is 3.91. The maximum Gasteiger partial charge on any atom is 0.111 e. The van der Waals surface area contributed by atoms with Gasteiger partial charge in [-0.3, -0.25) is 4.90 Å². The van der Waals surface area contributed by atoms with Gasteiger partial charge in [0, 0.05) is 18.5 Å². The summed E-state index contributed by atoms with van der Waals surface area (Å²) in [6, 6.07) is 9.20. The van der Waals surface area contributed by atoms with Crippen molar-refractivity contribution in [1.29, 1.82) is 0 Å². The Labute approximate surface area is 130 Å². The largest absolute Gasteiger partial charge is 0.342 e. The molecule has 4 rings (SSSR count). The van der Waals surface area contributed by atoms with E-state index in [2.05, 4.69) is 45.9 Å². The van der Waals surface area contributed by atoms with Gasteiger partial charge in [-0.25, -0.2) is 4.98 Å². The van der Waals surface area contributed by atoms with Gasteiger partial charge in [0.2, 0.25) is 0 Å². The molecule has 2 aromatic rings. The number of piperidine rings is 1. The van der Waals surface area contributed by atoms with Crippen LogP contribution in [0.4, 0.5) is 0 Å². The van der Waals surface area contributed by atoms with Gasteiger partial charge in [0.15, 0.2) is 0 Å². The topological polar surface area (TPSA) is 31.9 Å². The van der Waals surface area contributed by atoms with Crippen LogP contribution in [0.25, 0.3) is 11.0 Å². The summed E-state index contributed by atoms with van der Waals surface area (Å²) in [7, 11) is 0. The van der Waals surface area contributed by atoms with Crippen LogP contribution in [-0.2, 0) is 0 Å². The highest BCUT2D eigenvalue weighted by atomic mass is 32.2. The van der Waals surface area contributed by atoms with Gasteiger partial charge in [0.05, 0.1) is 11.0 Å². The van der Waals surface area contributed by atoms with Crippen molar-refractivity contribution in [2.75, 3.05) is 24.6 Å². The van der Waals surface area contributed by atoms with Crippen LogP contribution in [0.15, 0.2) is 24.3 Å². The van der Waals surface area contributed by atoms with Gasteiger partial charge in [0.1, 0.15) is 5.82 Å². The van der Waals surface area contributed by atoms with Gasteiger partial charge >= 0.3 is 0 Å². The molecule has 1 aromatic carbocycles. The number of aromatic amines is 1. The molecule has 3 nitrogen and oxygen atoms in total. The Bertz CT molecular complexity index is 570. The maximum atomic E-state index is 4.83. The number of fused-ring (bicyclic) bond motifs is 1. The highest BCUT2D eigenvalue weighted by Crippen LogP contribution is 2.31. The van der Waals surface area contributed by atoms with Crippen LogP contribution >= 0.6 is 11.8 Å². The van der Waals surface area contributed by atoms with Crippen molar-refractivity contribution >= 4 is 22.8 Å². The predicted octanol–water partition coefficient (Wildman–Crippen LogP) is 3.64. The second kappa shape index (κ2) is 6.01. The molecule has 0 saturated carbocycles. The summed E-state index contributed by atoms with van der Waals surface area (Å²) < 4.78 is 0. The standard InChI is InChI=1S/C17H23N3S/c1-2-6-16-15(5-1)18-17(19-16)13-4-3-9-20(12-13)14-7-10-21-11-8-14/h1-2,5-6,13-14H,3-4,7-12H2,(H,18,19)/t13-/m1/s1. The lowest BCUT2D eigenvalue weighted by Gasteiger charge is -2.39. The highest BCUT2D eigenvalue weighted by molar-refractivity contribution is 7.99. The lowest BCUT2D eigenvalue weighted by molar-refractivity contribution is 0.138. The second-order valence-electron chi connectivity index (χ2n) is 6.32. The van der Waals surface area contributed by atoms with E-state index in [0.29, 0.717) is 5.92 Å². The van der Waals surface area contributed by atoms with E-state index < -0.39 is 0 Å². The molecule has 0 bridgehead atoms. The second-order valence-corrected chi connectivity index (χ2v) is 7.54. The van der Waals surface area contributed by atoms with E-state index in [4.69, 9.17) is 4.98 Å². The molecule has 0 amide bonds. The van der Waals surface area contributed by atoms with E-state index in [1.54, 1.807) is 0 Å². The molecule has 3 heterocycles. The zero-order valence-electron chi connectivity index (χ0n) is 12.4. The minimum absolute atomic E-state index is 0.584. The van der Waals surface area contributed by atoms with Crippen LogP contribution in [0, 0.1) is 0 Å². The van der Waals surface area contributed by atoms with Crippen molar-refractivity contribution < 1.29 is 0 Å². The van der Waals surface area contributed by atoms with Crippen molar-refractivity contribution in [2.24, 2.45) is 0 Å². The van der Waals surface area contributed by atoms with Gasteiger partial charge in [0.25, 0.3) is 0 Å². The minimum Gasteiger partial charge on any atom is -0.342 e. The van der Waals surface area contributed by atoms with Crippen molar-refractivity contribution in [3.63, 3.8) is 0 Å². The van der Waals surface area contributed by atoms with Crippen molar-refractivity contribution in [2.45, 2.75) is 37.6 Å². The smallest absolute Gasteiger partial charge is 0.111 e. The molecule has 1 N–H and O–H groups in total. The molecule has 0 spiro atoms. The van der Waals surface area contributed by atoms with Gasteiger partial charge in [-0.15, -0.1) is 0 Å². The summed E-state index contributed by atoms with van der Waals surface area (Å²) in [6.07, 6.45) is 5.33. The molecule has 0 aliphatic carbocycles. The monoisotopic (exact) mass is 301 g/mol. The first-order valence-electron chi connectivity index (χ1n) is 8.16. The maximum absolute atomic E-state index is 4.83. The minimum atomic E-state index is 0.584. The summed E-state index contributed by atoms with van der Waals surface area (Å²) in [5, 5.41) is 0. The summed E-state index contributed by atoms with van der Waals surface area (Å²) in [4.78, 5) is 11.1. The number of nitrogens with one attached hydrogen (secondary N) is 1. The Morgan fingerprint density at radius 1 is 1.14 bits per heavy atom. The van der Waals surface area contributed by atoms with Crippen LogP contribution in [0.2, 0.25) is 0 Å². The number of aromatic nitrogens is 2. The third-order valence-corrected chi connectivity index (χ3v) is 6.00. The fourth-order valence-corrected chi connectivity index (χ4v) is 4.86. The molecule has 0 unspecified atom stereocenters. The normalized spacial score (nSPS) is 25.4. The quantitative estimate of drug-likeness (QED) is 0.919. The molecule has 1 aromatic heterocycles. The number of nitrogens with zero attached hydrogens (tertiary/aromatic N) is 2. The van der Waals surface area contributed by atoms with Crippen molar-refractivity contribution in [3.8, 4) is 0 Å². The van der Waals surface area contributed by atoms with Crippen molar-refractivity contribution in [3.05, 3.63) is 30.1 Å².